The molecule has 0 aliphatic heterocycles. The molecule has 0 amide bonds. The van der Waals surface area contributed by atoms with Crippen LogP contribution in [0.1, 0.15) is 13.3 Å². The first-order valence-electron chi connectivity index (χ1n) is 3.13. The monoisotopic (exact) mass is 364 g/mol. The number of rotatable bonds is 3. The zero-order valence-corrected chi connectivity index (χ0v) is 11.0. The van der Waals surface area contributed by atoms with E-state index in [1.807, 2.05) is 0 Å². The summed E-state index contributed by atoms with van der Waals surface area (Å²) < 4.78 is 3.57. The van der Waals surface area contributed by atoms with E-state index in [-0.39, 0.29) is 18.8 Å². The number of esters is 1. The third-order valence-electron chi connectivity index (χ3n) is 0.926. The lowest BCUT2D eigenvalue weighted by Gasteiger charge is -2.09. The van der Waals surface area contributed by atoms with Gasteiger partial charge >= 0.3 is 5.97 Å². The fourth-order valence-corrected chi connectivity index (χ4v) is 0.864. The van der Waals surface area contributed by atoms with E-state index in [0.717, 1.165) is 0 Å². The molecule has 3 nitrogen and oxygen atoms in total. The lowest BCUT2D eigenvalue weighted by Crippen LogP contribution is -2.21. The van der Waals surface area contributed by atoms with Crippen molar-refractivity contribution >= 4 is 59.5 Å². The molecule has 70 valence electrons. The molecular formula is C6H7Br3O3. The van der Waals surface area contributed by atoms with Gasteiger partial charge in [0, 0.05) is 0 Å². The first-order chi connectivity index (χ1) is 5.38. The molecule has 0 aliphatic rings. The fraction of sp³-hybridized carbons (Fsp3) is 0.667. The number of alkyl halides is 3. The Hall–Kier alpha value is 0.580. The Labute approximate surface area is 95.6 Å². The van der Waals surface area contributed by atoms with Gasteiger partial charge in [-0.1, -0.05) is 47.8 Å². The Balaban J connectivity index is 3.94. The number of ketones is 1. The smallest absolute Gasteiger partial charge is 0.313 e. The molecule has 0 atom stereocenters. The summed E-state index contributed by atoms with van der Waals surface area (Å²) in [6.45, 7) is 1.97. The zero-order chi connectivity index (χ0) is 9.78. The minimum Gasteiger partial charge on any atom is -0.466 e. The summed E-state index contributed by atoms with van der Waals surface area (Å²) in [5.74, 6) is -0.855. The van der Waals surface area contributed by atoms with Gasteiger partial charge in [-0.3, -0.25) is 9.59 Å². The number of ether oxygens (including phenoxy) is 1. The summed E-state index contributed by atoms with van der Waals surface area (Å²) in [4.78, 5) is 21.9. The van der Waals surface area contributed by atoms with Crippen molar-refractivity contribution in [2.24, 2.45) is 0 Å². The van der Waals surface area contributed by atoms with E-state index in [4.69, 9.17) is 0 Å². The van der Waals surface area contributed by atoms with E-state index >= 15 is 0 Å². The van der Waals surface area contributed by atoms with Crippen LogP contribution in [-0.4, -0.2) is 20.5 Å². The summed E-state index contributed by atoms with van der Waals surface area (Å²) >= 11 is 9.00. The highest BCUT2D eigenvalue weighted by Gasteiger charge is 2.30. The summed E-state index contributed by atoms with van der Waals surface area (Å²) in [7, 11) is 0. The number of carbonyl (C=O) groups excluding carboxylic acids is 2. The van der Waals surface area contributed by atoms with Crippen LogP contribution in [0, 0.1) is 0 Å². The Morgan fingerprint density at radius 3 is 2.17 bits per heavy atom. The van der Waals surface area contributed by atoms with Gasteiger partial charge in [-0.2, -0.15) is 0 Å². The van der Waals surface area contributed by atoms with Gasteiger partial charge < -0.3 is 4.74 Å². The molecule has 0 unspecified atom stereocenters. The van der Waals surface area contributed by atoms with Gasteiger partial charge in [-0.05, 0) is 6.92 Å². The van der Waals surface area contributed by atoms with Crippen molar-refractivity contribution < 1.29 is 14.3 Å². The predicted molar refractivity (Wildman–Crippen MR) is 55.8 cm³/mol. The van der Waals surface area contributed by atoms with Crippen LogP contribution >= 0.6 is 47.8 Å². The van der Waals surface area contributed by atoms with Crippen LogP contribution in [0.5, 0.6) is 0 Å². The third kappa shape index (κ3) is 5.27. The molecular weight excluding hydrogens is 360 g/mol. The normalized spacial score (nSPS) is 11.0. The van der Waals surface area contributed by atoms with Gasteiger partial charge in [-0.25, -0.2) is 0 Å². The van der Waals surface area contributed by atoms with Crippen LogP contribution in [-0.2, 0) is 14.3 Å². The van der Waals surface area contributed by atoms with E-state index in [2.05, 4.69) is 52.5 Å². The molecule has 0 N–H and O–H groups in total. The maximum atomic E-state index is 11.1. The Morgan fingerprint density at radius 1 is 1.33 bits per heavy atom. The molecule has 0 bridgehead atoms. The molecule has 0 aromatic heterocycles. The number of carbonyl (C=O) groups is 2. The molecule has 0 fully saturated rings. The van der Waals surface area contributed by atoms with E-state index in [1.165, 1.54) is 0 Å². The molecule has 0 saturated carbocycles. The number of hydrogen-bond donors (Lipinski definition) is 0. The first kappa shape index (κ1) is 12.6. The summed E-state index contributed by atoms with van der Waals surface area (Å²) in [5, 5.41) is 0. The van der Waals surface area contributed by atoms with Crippen molar-refractivity contribution in [1.82, 2.24) is 0 Å². The van der Waals surface area contributed by atoms with Crippen molar-refractivity contribution in [1.29, 1.82) is 0 Å². The van der Waals surface area contributed by atoms with Gasteiger partial charge in [0.25, 0.3) is 0 Å². The molecule has 12 heavy (non-hydrogen) atoms. The number of Topliss-reactive ketones (excluding diaryl/α,β-unsaturated/α-hetero) is 1. The van der Waals surface area contributed by atoms with E-state index in [0.29, 0.717) is 0 Å². The maximum absolute atomic E-state index is 11.1. The second-order valence-corrected chi connectivity index (χ2v) is 8.66. The van der Waals surface area contributed by atoms with Gasteiger partial charge in [0.05, 0.1) is 6.61 Å². The summed E-state index contributed by atoms with van der Waals surface area (Å²) in [5.41, 5.74) is 0. The molecule has 0 heterocycles. The van der Waals surface area contributed by atoms with E-state index in [1.54, 1.807) is 6.92 Å². The second-order valence-electron chi connectivity index (χ2n) is 1.90. The predicted octanol–water partition coefficient (Wildman–Crippen LogP) is 2.35. The lowest BCUT2D eigenvalue weighted by molar-refractivity contribution is -0.145. The molecule has 0 radical (unpaired) electrons. The average molecular weight is 367 g/mol. The summed E-state index contributed by atoms with van der Waals surface area (Å²) in [6.07, 6.45) is -0.254. The largest absolute Gasteiger partial charge is 0.466 e. The van der Waals surface area contributed by atoms with Crippen LogP contribution < -0.4 is 0 Å². The highest BCUT2D eigenvalue weighted by atomic mass is 80.0. The SMILES string of the molecule is CCOC(=O)CC(=O)C(Br)(Br)Br. The molecule has 6 heteroatoms. The number of halogens is 3. The van der Waals surface area contributed by atoms with Crippen molar-refractivity contribution in [3.05, 3.63) is 0 Å². The first-order valence-corrected chi connectivity index (χ1v) is 5.51. The van der Waals surface area contributed by atoms with Gasteiger partial charge in [0.1, 0.15) is 6.42 Å². The standard InChI is InChI=1S/C6H7Br3O3/c1-2-12-5(11)3-4(10)6(7,8)9/h2-3H2,1H3. The Morgan fingerprint density at radius 2 is 1.83 bits per heavy atom. The highest BCUT2D eigenvalue weighted by Crippen LogP contribution is 2.35. The van der Waals surface area contributed by atoms with Crippen LogP contribution in [0.25, 0.3) is 0 Å². The molecule has 0 saturated heterocycles. The summed E-state index contributed by atoms with van der Waals surface area (Å²) in [6, 6.07) is 0. The topological polar surface area (TPSA) is 43.4 Å². The van der Waals surface area contributed by atoms with Gasteiger partial charge in [0.2, 0.25) is 0 Å². The maximum Gasteiger partial charge on any atom is 0.313 e. The Kier molecular flexibility index (Phi) is 5.60. The molecule has 0 rings (SSSR count). The van der Waals surface area contributed by atoms with Gasteiger partial charge in [-0.15, -0.1) is 0 Å². The highest BCUT2D eigenvalue weighted by molar-refractivity contribution is 9.40. The average Bonchev–Trinajstić information content (AvgIpc) is 1.85. The minimum absolute atomic E-state index is 0.254. The zero-order valence-electron chi connectivity index (χ0n) is 6.27. The molecule has 0 aliphatic carbocycles. The second kappa shape index (κ2) is 5.34. The van der Waals surface area contributed by atoms with E-state index < -0.39 is 8.11 Å². The molecule has 0 aromatic carbocycles. The molecule has 0 aromatic rings. The van der Waals surface area contributed by atoms with Crippen molar-refractivity contribution in [3.8, 4) is 0 Å². The van der Waals surface area contributed by atoms with E-state index in [9.17, 15) is 9.59 Å². The number of hydrogen-bond acceptors (Lipinski definition) is 3. The van der Waals surface area contributed by atoms with Crippen molar-refractivity contribution in [3.63, 3.8) is 0 Å². The van der Waals surface area contributed by atoms with Crippen LogP contribution in [0.2, 0.25) is 0 Å². The quantitative estimate of drug-likeness (QED) is 0.437. The van der Waals surface area contributed by atoms with Crippen molar-refractivity contribution in [2.45, 2.75) is 15.5 Å². The lowest BCUT2D eigenvalue weighted by atomic mass is 10.3. The third-order valence-corrected chi connectivity index (χ3v) is 2.25. The molecule has 0 spiro atoms. The van der Waals surface area contributed by atoms with Crippen LogP contribution in [0.15, 0.2) is 0 Å². The van der Waals surface area contributed by atoms with Crippen LogP contribution in [0.4, 0.5) is 0 Å². The van der Waals surface area contributed by atoms with Crippen LogP contribution in [0.3, 0.4) is 0 Å². The fourth-order valence-electron chi connectivity index (χ4n) is 0.443. The van der Waals surface area contributed by atoms with Gasteiger partial charge in [0.15, 0.2) is 7.93 Å². The minimum atomic E-state index is -1.01. The van der Waals surface area contributed by atoms with Crippen molar-refractivity contribution in [2.75, 3.05) is 6.61 Å². The Bertz CT molecular complexity index is 185.